The van der Waals surface area contributed by atoms with Crippen LogP contribution < -0.4 is 0 Å². The summed E-state index contributed by atoms with van der Waals surface area (Å²) in [4.78, 5) is 0. The van der Waals surface area contributed by atoms with Gasteiger partial charge in [0.25, 0.3) is 0 Å². The van der Waals surface area contributed by atoms with E-state index in [1.807, 2.05) is 37.3 Å². The van der Waals surface area contributed by atoms with Gasteiger partial charge < -0.3 is 0 Å². The highest BCUT2D eigenvalue weighted by molar-refractivity contribution is 9.10. The van der Waals surface area contributed by atoms with Gasteiger partial charge in [-0.25, -0.2) is 4.39 Å². The Bertz CT molecular complexity index is 474. The molecule has 2 heteroatoms. The molecule has 0 aliphatic heterocycles. The van der Waals surface area contributed by atoms with Crippen LogP contribution in [0.15, 0.2) is 46.9 Å². The zero-order valence-corrected chi connectivity index (χ0v) is 9.88. The van der Waals surface area contributed by atoms with Gasteiger partial charge in [-0.2, -0.15) is 0 Å². The zero-order chi connectivity index (χ0) is 10.8. The van der Waals surface area contributed by atoms with Crippen LogP contribution in [-0.4, -0.2) is 0 Å². The van der Waals surface area contributed by atoms with Gasteiger partial charge in [0.1, 0.15) is 5.82 Å². The lowest BCUT2D eigenvalue weighted by Gasteiger charge is -2.04. The van der Waals surface area contributed by atoms with Crippen molar-refractivity contribution in [2.24, 2.45) is 0 Å². The van der Waals surface area contributed by atoms with Gasteiger partial charge in [0.2, 0.25) is 0 Å². The van der Waals surface area contributed by atoms with E-state index in [0.717, 1.165) is 10.0 Å². The molecule has 0 unspecified atom stereocenters. The fraction of sp³-hybridized carbons (Fsp3) is 0.0769. The van der Waals surface area contributed by atoms with Crippen molar-refractivity contribution in [3.63, 3.8) is 0 Å². The van der Waals surface area contributed by atoms with Crippen LogP contribution in [0.4, 0.5) is 4.39 Å². The Labute approximate surface area is 96.9 Å². The van der Waals surface area contributed by atoms with Gasteiger partial charge in [-0.3, -0.25) is 0 Å². The minimum atomic E-state index is -0.201. The molecule has 0 heterocycles. The molecule has 0 bridgehead atoms. The number of hydrogen-bond donors (Lipinski definition) is 0. The molecule has 0 fully saturated rings. The second-order valence-corrected chi connectivity index (χ2v) is 4.41. The summed E-state index contributed by atoms with van der Waals surface area (Å²) in [6.45, 7) is 2.02. The Kier molecular flexibility index (Phi) is 2.87. The van der Waals surface area contributed by atoms with Crippen molar-refractivity contribution >= 4 is 15.9 Å². The lowest BCUT2D eigenvalue weighted by Crippen LogP contribution is -1.84. The molecule has 0 atom stereocenters. The van der Waals surface area contributed by atoms with Crippen molar-refractivity contribution < 1.29 is 4.39 Å². The van der Waals surface area contributed by atoms with Crippen LogP contribution in [0.5, 0.6) is 0 Å². The van der Waals surface area contributed by atoms with Gasteiger partial charge in [-0.1, -0.05) is 51.8 Å². The molecule has 15 heavy (non-hydrogen) atoms. The largest absolute Gasteiger partial charge is 0.206 e. The second kappa shape index (κ2) is 4.15. The van der Waals surface area contributed by atoms with Crippen LogP contribution in [0.25, 0.3) is 11.1 Å². The molecule has 0 saturated carbocycles. The first-order valence-corrected chi connectivity index (χ1v) is 5.48. The maximum absolute atomic E-state index is 13.6. The predicted molar refractivity (Wildman–Crippen MR) is 64.3 cm³/mol. The first-order valence-electron chi connectivity index (χ1n) is 4.69. The molecule has 0 amide bonds. The average molecular weight is 265 g/mol. The van der Waals surface area contributed by atoms with Gasteiger partial charge in [-0.15, -0.1) is 0 Å². The zero-order valence-electron chi connectivity index (χ0n) is 8.30. The minimum absolute atomic E-state index is 0.201. The smallest absolute Gasteiger partial charge is 0.132 e. The predicted octanol–water partition coefficient (Wildman–Crippen LogP) is 4.56. The van der Waals surface area contributed by atoms with Crippen molar-refractivity contribution in [3.8, 4) is 11.1 Å². The van der Waals surface area contributed by atoms with Gasteiger partial charge in [0.05, 0.1) is 0 Å². The number of benzene rings is 2. The molecule has 2 rings (SSSR count). The number of rotatable bonds is 1. The molecule has 0 spiro atoms. The number of hydrogen-bond acceptors (Lipinski definition) is 0. The highest BCUT2D eigenvalue weighted by Crippen LogP contribution is 2.25. The molecule has 0 nitrogen and oxygen atoms in total. The summed E-state index contributed by atoms with van der Waals surface area (Å²) in [6, 6.07) is 12.9. The molecule has 0 aromatic heterocycles. The third kappa shape index (κ3) is 2.26. The lowest BCUT2D eigenvalue weighted by molar-refractivity contribution is 0.630. The molecule has 2 aromatic rings. The van der Waals surface area contributed by atoms with Crippen molar-refractivity contribution in [1.82, 2.24) is 0 Å². The third-order valence-corrected chi connectivity index (χ3v) is 2.79. The molecular weight excluding hydrogens is 255 g/mol. The van der Waals surface area contributed by atoms with Crippen LogP contribution in [0, 0.1) is 12.7 Å². The number of aryl methyl sites for hydroxylation is 1. The topological polar surface area (TPSA) is 0 Å². The summed E-state index contributed by atoms with van der Waals surface area (Å²) < 4.78 is 14.4. The summed E-state index contributed by atoms with van der Waals surface area (Å²) in [5, 5.41) is 0. The monoisotopic (exact) mass is 264 g/mol. The highest BCUT2D eigenvalue weighted by atomic mass is 79.9. The van der Waals surface area contributed by atoms with E-state index < -0.39 is 0 Å². The molecular formula is C13H10BrF. The lowest BCUT2D eigenvalue weighted by atomic mass is 10.0. The quantitative estimate of drug-likeness (QED) is 0.708. The maximum atomic E-state index is 13.6. The molecule has 76 valence electrons. The highest BCUT2D eigenvalue weighted by Gasteiger charge is 2.04. The van der Waals surface area contributed by atoms with E-state index in [1.54, 1.807) is 6.07 Å². The molecule has 0 aliphatic rings. The summed E-state index contributed by atoms with van der Waals surface area (Å²) >= 11 is 3.24. The fourth-order valence-electron chi connectivity index (χ4n) is 1.46. The third-order valence-electron chi connectivity index (χ3n) is 2.29. The second-order valence-electron chi connectivity index (χ2n) is 3.49. The maximum Gasteiger partial charge on any atom is 0.132 e. The van der Waals surface area contributed by atoms with E-state index >= 15 is 0 Å². The molecule has 0 aliphatic carbocycles. The average Bonchev–Trinajstić information content (AvgIpc) is 2.20. The summed E-state index contributed by atoms with van der Waals surface area (Å²) in [6.07, 6.45) is 0. The van der Waals surface area contributed by atoms with Crippen LogP contribution in [0.2, 0.25) is 0 Å². The van der Waals surface area contributed by atoms with Gasteiger partial charge in [0, 0.05) is 10.0 Å². The molecule has 0 N–H and O–H groups in total. The normalized spacial score (nSPS) is 10.3. The van der Waals surface area contributed by atoms with Crippen molar-refractivity contribution in [2.75, 3.05) is 0 Å². The Balaban J connectivity index is 2.49. The van der Waals surface area contributed by atoms with Crippen molar-refractivity contribution in [1.29, 1.82) is 0 Å². The Morgan fingerprint density at radius 2 is 1.67 bits per heavy atom. The Hall–Kier alpha value is -1.15. The first kappa shape index (κ1) is 10.4. The van der Waals surface area contributed by atoms with E-state index in [9.17, 15) is 4.39 Å². The standard InChI is InChI=1S/C13H10BrF/c1-9-2-4-10(5-3-9)12-7-6-11(14)8-13(12)15/h2-8H,1H3. The summed E-state index contributed by atoms with van der Waals surface area (Å²) in [7, 11) is 0. The van der Waals surface area contributed by atoms with Crippen molar-refractivity contribution in [3.05, 3.63) is 58.3 Å². The van der Waals surface area contributed by atoms with Crippen molar-refractivity contribution in [2.45, 2.75) is 6.92 Å². The van der Waals surface area contributed by atoms with Gasteiger partial charge >= 0.3 is 0 Å². The van der Waals surface area contributed by atoms with E-state index in [0.29, 0.717) is 5.56 Å². The van der Waals surface area contributed by atoms with E-state index in [4.69, 9.17) is 0 Å². The van der Waals surface area contributed by atoms with Crippen LogP contribution in [-0.2, 0) is 0 Å². The molecule has 2 aromatic carbocycles. The van der Waals surface area contributed by atoms with Crippen LogP contribution in [0.3, 0.4) is 0 Å². The van der Waals surface area contributed by atoms with Gasteiger partial charge in [0.15, 0.2) is 0 Å². The van der Waals surface area contributed by atoms with Crippen LogP contribution in [0.1, 0.15) is 5.56 Å². The summed E-state index contributed by atoms with van der Waals surface area (Å²) in [5.74, 6) is -0.201. The summed E-state index contributed by atoms with van der Waals surface area (Å²) in [5.41, 5.74) is 2.72. The SMILES string of the molecule is Cc1ccc(-c2ccc(Br)cc2F)cc1. The fourth-order valence-corrected chi connectivity index (χ4v) is 1.79. The van der Waals surface area contributed by atoms with E-state index in [-0.39, 0.29) is 5.82 Å². The Morgan fingerprint density at radius 1 is 1.00 bits per heavy atom. The molecule has 0 saturated heterocycles. The Morgan fingerprint density at radius 3 is 2.27 bits per heavy atom. The first-order chi connectivity index (χ1) is 7.16. The minimum Gasteiger partial charge on any atom is -0.206 e. The van der Waals surface area contributed by atoms with Gasteiger partial charge in [-0.05, 0) is 24.6 Å². The number of halogens is 2. The van der Waals surface area contributed by atoms with Crippen LogP contribution >= 0.6 is 15.9 Å². The van der Waals surface area contributed by atoms with E-state index in [2.05, 4.69) is 15.9 Å². The molecule has 0 radical (unpaired) electrons. The van der Waals surface area contributed by atoms with E-state index in [1.165, 1.54) is 11.6 Å².